The van der Waals surface area contributed by atoms with Crippen molar-refractivity contribution < 1.29 is 9.47 Å². The Morgan fingerprint density at radius 2 is 1.92 bits per heavy atom. The van der Waals surface area contributed by atoms with Crippen molar-refractivity contribution in [1.82, 2.24) is 15.5 Å². The molecule has 0 radical (unpaired) electrons. The van der Waals surface area contributed by atoms with E-state index >= 15 is 0 Å². The quantitative estimate of drug-likeness (QED) is 0.400. The van der Waals surface area contributed by atoms with Gasteiger partial charge in [-0.3, -0.25) is 9.89 Å². The first-order chi connectivity index (χ1) is 12.7. The summed E-state index contributed by atoms with van der Waals surface area (Å²) in [5.41, 5.74) is 0. The highest BCUT2D eigenvalue weighted by molar-refractivity contribution is 5.79. The maximum absolute atomic E-state index is 5.78. The van der Waals surface area contributed by atoms with E-state index in [1.165, 1.54) is 0 Å². The van der Waals surface area contributed by atoms with Crippen LogP contribution in [0.15, 0.2) is 35.3 Å². The smallest absolute Gasteiger partial charge is 0.191 e. The fourth-order valence-electron chi connectivity index (χ4n) is 3.15. The highest BCUT2D eigenvalue weighted by Gasteiger charge is 2.21. The molecule has 1 saturated heterocycles. The van der Waals surface area contributed by atoms with Crippen LogP contribution in [0.25, 0.3) is 0 Å². The van der Waals surface area contributed by atoms with Gasteiger partial charge in [0.25, 0.3) is 0 Å². The number of nitrogens with one attached hydrogen (secondary N) is 2. The largest absolute Gasteiger partial charge is 0.492 e. The van der Waals surface area contributed by atoms with E-state index in [1.807, 2.05) is 30.3 Å². The average molecular weight is 363 g/mol. The minimum absolute atomic E-state index is 0.325. The Morgan fingerprint density at radius 1 is 1.19 bits per heavy atom. The normalized spacial score (nSPS) is 21.4. The summed E-state index contributed by atoms with van der Waals surface area (Å²) in [5.74, 6) is 1.75. The highest BCUT2D eigenvalue weighted by atomic mass is 16.5. The summed E-state index contributed by atoms with van der Waals surface area (Å²) < 4.78 is 11.5. The molecular formula is C20H34N4O2. The van der Waals surface area contributed by atoms with Crippen LogP contribution in [0.2, 0.25) is 0 Å². The lowest BCUT2D eigenvalue weighted by atomic mass is 10.2. The van der Waals surface area contributed by atoms with Crippen LogP contribution in [0, 0.1) is 0 Å². The molecule has 0 amide bonds. The molecule has 6 heteroatoms. The zero-order valence-corrected chi connectivity index (χ0v) is 16.4. The Labute approximate surface area is 158 Å². The van der Waals surface area contributed by atoms with Crippen molar-refractivity contribution in [2.24, 2.45) is 4.99 Å². The van der Waals surface area contributed by atoms with Gasteiger partial charge in [-0.2, -0.15) is 0 Å². The maximum atomic E-state index is 5.78. The van der Waals surface area contributed by atoms with Gasteiger partial charge >= 0.3 is 0 Å². The van der Waals surface area contributed by atoms with Gasteiger partial charge in [0, 0.05) is 32.7 Å². The lowest BCUT2D eigenvalue weighted by Gasteiger charge is -2.35. The summed E-state index contributed by atoms with van der Waals surface area (Å²) in [6.07, 6.45) is 1.70. The monoisotopic (exact) mass is 362 g/mol. The molecule has 1 aliphatic heterocycles. The Kier molecular flexibility index (Phi) is 9.28. The Balaban J connectivity index is 1.64. The molecule has 26 heavy (non-hydrogen) atoms. The van der Waals surface area contributed by atoms with Crippen LogP contribution in [0.3, 0.4) is 0 Å². The molecule has 2 atom stereocenters. The fraction of sp³-hybridized carbons (Fsp3) is 0.650. The van der Waals surface area contributed by atoms with Gasteiger partial charge in [0.2, 0.25) is 0 Å². The van der Waals surface area contributed by atoms with Gasteiger partial charge in [-0.15, -0.1) is 0 Å². The van der Waals surface area contributed by atoms with Gasteiger partial charge in [-0.05, 0) is 39.3 Å². The second-order valence-corrected chi connectivity index (χ2v) is 6.72. The third-order valence-electron chi connectivity index (χ3n) is 4.15. The molecule has 0 saturated carbocycles. The molecule has 1 aromatic rings. The lowest BCUT2D eigenvalue weighted by molar-refractivity contribution is -0.0679. The minimum Gasteiger partial charge on any atom is -0.492 e. The molecule has 0 aromatic heterocycles. The summed E-state index contributed by atoms with van der Waals surface area (Å²) >= 11 is 0. The molecule has 0 aliphatic carbocycles. The number of rotatable bonds is 9. The third kappa shape index (κ3) is 8.06. The van der Waals surface area contributed by atoms with E-state index in [1.54, 1.807) is 0 Å². The minimum atomic E-state index is 0.325. The van der Waals surface area contributed by atoms with Crippen LogP contribution >= 0.6 is 0 Å². The summed E-state index contributed by atoms with van der Waals surface area (Å²) in [5, 5.41) is 6.61. The number of hydrogen-bond donors (Lipinski definition) is 2. The standard InChI is InChI=1S/C20H34N4O2/c1-4-21-20(23-12-14-25-19-9-6-5-7-10-19)22-11-8-13-24-15-17(2)26-18(3)16-24/h5-7,9-10,17-18H,4,8,11-16H2,1-3H3,(H2,21,22,23). The number of ether oxygens (including phenoxy) is 2. The van der Waals surface area contributed by atoms with E-state index in [2.05, 4.69) is 41.3 Å². The maximum Gasteiger partial charge on any atom is 0.191 e. The van der Waals surface area contributed by atoms with Crippen molar-refractivity contribution in [2.45, 2.75) is 39.4 Å². The molecule has 1 fully saturated rings. The van der Waals surface area contributed by atoms with E-state index < -0.39 is 0 Å². The number of benzene rings is 1. The van der Waals surface area contributed by atoms with Crippen molar-refractivity contribution >= 4 is 5.96 Å². The van der Waals surface area contributed by atoms with Crippen molar-refractivity contribution in [3.8, 4) is 5.75 Å². The van der Waals surface area contributed by atoms with Gasteiger partial charge in [-0.1, -0.05) is 18.2 Å². The second kappa shape index (κ2) is 11.8. The first-order valence-corrected chi connectivity index (χ1v) is 9.75. The molecular weight excluding hydrogens is 328 g/mol. The molecule has 0 bridgehead atoms. The van der Waals surface area contributed by atoms with Gasteiger partial charge in [0.1, 0.15) is 12.4 Å². The number of hydrogen-bond acceptors (Lipinski definition) is 4. The molecule has 2 unspecified atom stereocenters. The van der Waals surface area contributed by atoms with Crippen LogP contribution in [0.1, 0.15) is 27.2 Å². The first-order valence-electron chi connectivity index (χ1n) is 9.75. The average Bonchev–Trinajstić information content (AvgIpc) is 2.62. The molecule has 6 nitrogen and oxygen atoms in total. The third-order valence-corrected chi connectivity index (χ3v) is 4.15. The summed E-state index contributed by atoms with van der Waals surface area (Å²) in [6, 6.07) is 9.87. The molecule has 1 aliphatic rings. The van der Waals surface area contributed by atoms with Crippen molar-refractivity contribution in [3.05, 3.63) is 30.3 Å². The van der Waals surface area contributed by atoms with Crippen molar-refractivity contribution in [1.29, 1.82) is 0 Å². The molecule has 1 heterocycles. The van der Waals surface area contributed by atoms with E-state index in [0.29, 0.717) is 18.8 Å². The summed E-state index contributed by atoms with van der Waals surface area (Å²) in [6.45, 7) is 12.5. The van der Waals surface area contributed by atoms with Gasteiger partial charge in [-0.25, -0.2) is 0 Å². The van der Waals surface area contributed by atoms with Crippen molar-refractivity contribution in [2.75, 3.05) is 45.9 Å². The Hall–Kier alpha value is -1.79. The lowest BCUT2D eigenvalue weighted by Crippen LogP contribution is -2.45. The van der Waals surface area contributed by atoms with Crippen LogP contribution in [-0.4, -0.2) is 68.9 Å². The van der Waals surface area contributed by atoms with Crippen LogP contribution in [0.4, 0.5) is 0 Å². The van der Waals surface area contributed by atoms with E-state index in [4.69, 9.17) is 9.47 Å². The zero-order chi connectivity index (χ0) is 18.6. The second-order valence-electron chi connectivity index (χ2n) is 6.72. The molecule has 1 aromatic carbocycles. The molecule has 2 N–H and O–H groups in total. The fourth-order valence-corrected chi connectivity index (χ4v) is 3.15. The number of para-hydroxylation sites is 1. The van der Waals surface area contributed by atoms with Gasteiger partial charge in [0.05, 0.1) is 18.8 Å². The number of aliphatic imine (C=N–C) groups is 1. The van der Waals surface area contributed by atoms with Crippen LogP contribution in [0.5, 0.6) is 5.75 Å². The first kappa shape index (κ1) is 20.5. The van der Waals surface area contributed by atoms with Crippen molar-refractivity contribution in [3.63, 3.8) is 0 Å². The summed E-state index contributed by atoms with van der Waals surface area (Å²) in [4.78, 5) is 7.14. The summed E-state index contributed by atoms with van der Waals surface area (Å²) in [7, 11) is 0. The van der Waals surface area contributed by atoms with Crippen LogP contribution < -0.4 is 15.4 Å². The molecule has 2 rings (SSSR count). The predicted molar refractivity (Wildman–Crippen MR) is 107 cm³/mol. The molecule has 0 spiro atoms. The van der Waals surface area contributed by atoms with E-state index in [9.17, 15) is 0 Å². The zero-order valence-electron chi connectivity index (χ0n) is 16.4. The Bertz CT molecular complexity index is 514. The number of morpholine rings is 1. The van der Waals surface area contributed by atoms with Gasteiger partial charge in [0.15, 0.2) is 5.96 Å². The topological polar surface area (TPSA) is 58.1 Å². The SMILES string of the molecule is CCNC(=NCCCN1CC(C)OC(C)C1)NCCOc1ccccc1. The Morgan fingerprint density at radius 3 is 2.62 bits per heavy atom. The van der Waals surface area contributed by atoms with Gasteiger partial charge < -0.3 is 20.1 Å². The highest BCUT2D eigenvalue weighted by Crippen LogP contribution is 2.10. The molecule has 146 valence electrons. The van der Waals surface area contributed by atoms with Crippen LogP contribution in [-0.2, 0) is 4.74 Å². The number of guanidine groups is 1. The number of nitrogens with zero attached hydrogens (tertiary/aromatic N) is 2. The predicted octanol–water partition coefficient (Wildman–Crippen LogP) is 2.12. The van der Waals surface area contributed by atoms with E-state index in [-0.39, 0.29) is 0 Å². The van der Waals surface area contributed by atoms with E-state index in [0.717, 1.165) is 57.4 Å².